The van der Waals surface area contributed by atoms with Crippen LogP contribution in [0, 0.1) is 13.8 Å². The van der Waals surface area contributed by atoms with Gasteiger partial charge < -0.3 is 4.74 Å². The van der Waals surface area contributed by atoms with Gasteiger partial charge in [-0.25, -0.2) is 0 Å². The number of benzene rings is 4. The molecule has 0 spiro atoms. The van der Waals surface area contributed by atoms with E-state index < -0.39 is 0 Å². The molecule has 0 N–H and O–H groups in total. The quantitative estimate of drug-likeness (QED) is 0.263. The summed E-state index contributed by atoms with van der Waals surface area (Å²) in [5.41, 5.74) is 8.13. The van der Waals surface area contributed by atoms with Crippen LogP contribution >= 0.6 is 0 Å². The van der Waals surface area contributed by atoms with Crippen LogP contribution in [0.4, 0.5) is 5.69 Å². The normalized spacial score (nSPS) is 13.2. The molecule has 1 aliphatic rings. The Bertz CT molecular complexity index is 1250. The molecule has 158 valence electrons. The smallest absolute Gasteiger partial charge is 0.292 e. The van der Waals surface area contributed by atoms with Crippen LogP contribution in [0.3, 0.4) is 0 Å². The number of hydrogen-bond acceptors (Lipinski definition) is 1. The van der Waals surface area contributed by atoms with E-state index in [2.05, 4.69) is 129 Å². The van der Waals surface area contributed by atoms with Crippen molar-refractivity contribution in [3.8, 4) is 5.75 Å². The first-order chi connectivity index (χ1) is 15.6. The maximum absolute atomic E-state index is 6.52. The highest BCUT2D eigenvalue weighted by molar-refractivity contribution is 5.84. The molecule has 4 aromatic rings. The van der Waals surface area contributed by atoms with Crippen LogP contribution in [0.5, 0.6) is 5.75 Å². The van der Waals surface area contributed by atoms with E-state index in [1.54, 1.807) is 0 Å². The van der Waals surface area contributed by atoms with E-state index in [9.17, 15) is 0 Å². The Morgan fingerprint density at radius 3 is 1.97 bits per heavy atom. The van der Waals surface area contributed by atoms with Crippen LogP contribution < -0.4 is 4.74 Å². The van der Waals surface area contributed by atoms with Crippen molar-refractivity contribution in [2.45, 2.75) is 26.2 Å². The molecule has 5 rings (SSSR count). The van der Waals surface area contributed by atoms with Gasteiger partial charge in [-0.05, 0) is 43.5 Å². The van der Waals surface area contributed by atoms with Crippen LogP contribution in [0.25, 0.3) is 0 Å². The van der Waals surface area contributed by atoms with Crippen LogP contribution in [0.15, 0.2) is 97.1 Å². The van der Waals surface area contributed by atoms with Gasteiger partial charge in [0.15, 0.2) is 6.21 Å². The summed E-state index contributed by atoms with van der Waals surface area (Å²) in [5.74, 6) is 0.968. The summed E-state index contributed by atoms with van der Waals surface area (Å²) < 4.78 is 8.71. The summed E-state index contributed by atoms with van der Waals surface area (Å²) >= 11 is 0. The molecular weight excluding hydrogens is 390 g/mol. The summed E-state index contributed by atoms with van der Waals surface area (Å²) in [6.07, 6.45) is 2.23. The largest absolute Gasteiger partial charge is 0.435 e. The highest BCUT2D eigenvalue weighted by atomic mass is 16.5. The molecule has 4 aromatic carbocycles. The lowest BCUT2D eigenvalue weighted by atomic mass is 9.70. The summed E-state index contributed by atoms with van der Waals surface area (Å²) in [7, 11) is 0. The highest BCUT2D eigenvalue weighted by Gasteiger charge is 2.36. The molecule has 2 heteroatoms. The Morgan fingerprint density at radius 2 is 1.34 bits per heavy atom. The van der Waals surface area contributed by atoms with Gasteiger partial charge in [0.25, 0.3) is 6.73 Å². The fourth-order valence-electron chi connectivity index (χ4n) is 4.81. The molecule has 0 amide bonds. The number of rotatable bonds is 4. The molecule has 1 heterocycles. The number of para-hydroxylation sites is 1. The Kier molecular flexibility index (Phi) is 5.14. The second-order valence-corrected chi connectivity index (χ2v) is 8.75. The van der Waals surface area contributed by atoms with Crippen molar-refractivity contribution < 1.29 is 9.31 Å². The monoisotopic (exact) mass is 418 g/mol. The topological polar surface area (TPSA) is 12.2 Å². The molecule has 32 heavy (non-hydrogen) atoms. The molecule has 1 aliphatic heterocycles. The van der Waals surface area contributed by atoms with Crippen molar-refractivity contribution in [2.75, 3.05) is 6.73 Å². The zero-order valence-electron chi connectivity index (χ0n) is 18.9. The van der Waals surface area contributed by atoms with Gasteiger partial charge in [-0.1, -0.05) is 84.9 Å². The first-order valence-electron chi connectivity index (χ1n) is 11.1. The minimum absolute atomic E-state index is 0.336. The van der Waals surface area contributed by atoms with Crippen molar-refractivity contribution in [1.29, 1.82) is 0 Å². The number of fused-ring (bicyclic) bond motifs is 1. The van der Waals surface area contributed by atoms with Gasteiger partial charge in [-0.3, -0.25) is 0 Å². The Balaban J connectivity index is 1.73. The van der Waals surface area contributed by atoms with Gasteiger partial charge >= 0.3 is 0 Å². The van der Waals surface area contributed by atoms with Crippen molar-refractivity contribution in [2.24, 2.45) is 0 Å². The number of aryl methyl sites for hydroxylation is 2. The lowest BCUT2D eigenvalue weighted by Crippen LogP contribution is -2.29. The fourth-order valence-corrected chi connectivity index (χ4v) is 4.81. The zero-order valence-corrected chi connectivity index (χ0v) is 18.9. The van der Waals surface area contributed by atoms with Crippen LogP contribution in [0.2, 0.25) is 0 Å². The second kappa shape index (κ2) is 8.12. The first kappa shape index (κ1) is 20.3. The molecule has 0 bridgehead atoms. The van der Waals surface area contributed by atoms with E-state index in [4.69, 9.17) is 4.74 Å². The van der Waals surface area contributed by atoms with Crippen molar-refractivity contribution in [3.05, 3.63) is 130 Å². The SMILES string of the molecule is Cc1cc2c(c(C(C)(c3ccccc3)c3ccccc3)c1)OC[N+](c1ccccc1C)=C2. The van der Waals surface area contributed by atoms with E-state index in [1.807, 2.05) is 0 Å². The Labute approximate surface area is 190 Å². The summed E-state index contributed by atoms with van der Waals surface area (Å²) in [6, 6.07) is 34.4. The number of nitrogens with zero attached hydrogens (tertiary/aromatic N) is 1. The van der Waals surface area contributed by atoms with Gasteiger partial charge in [0.05, 0.1) is 5.56 Å². The zero-order chi connectivity index (χ0) is 22.1. The molecule has 0 aliphatic carbocycles. The lowest BCUT2D eigenvalue weighted by Gasteiger charge is -2.34. The molecule has 0 aromatic heterocycles. The molecule has 2 nitrogen and oxygen atoms in total. The van der Waals surface area contributed by atoms with Crippen molar-refractivity contribution in [3.63, 3.8) is 0 Å². The lowest BCUT2D eigenvalue weighted by molar-refractivity contribution is -0.476. The molecule has 0 saturated heterocycles. The summed E-state index contributed by atoms with van der Waals surface area (Å²) in [6.45, 7) is 7.11. The number of hydrogen-bond donors (Lipinski definition) is 0. The summed E-state index contributed by atoms with van der Waals surface area (Å²) in [4.78, 5) is 0. The Morgan fingerprint density at radius 1 is 0.750 bits per heavy atom. The van der Waals surface area contributed by atoms with E-state index >= 15 is 0 Å². The third-order valence-corrected chi connectivity index (χ3v) is 6.57. The average Bonchev–Trinajstić information content (AvgIpc) is 2.84. The van der Waals surface area contributed by atoms with Crippen LogP contribution in [-0.4, -0.2) is 17.5 Å². The van der Waals surface area contributed by atoms with Gasteiger partial charge in [0.1, 0.15) is 5.75 Å². The van der Waals surface area contributed by atoms with Crippen molar-refractivity contribution in [1.82, 2.24) is 0 Å². The maximum atomic E-state index is 6.52. The third kappa shape index (κ3) is 3.42. The predicted molar refractivity (Wildman–Crippen MR) is 131 cm³/mol. The van der Waals surface area contributed by atoms with Crippen molar-refractivity contribution >= 4 is 11.9 Å². The highest BCUT2D eigenvalue weighted by Crippen LogP contribution is 2.45. The van der Waals surface area contributed by atoms with E-state index in [0.717, 1.165) is 11.3 Å². The minimum Gasteiger partial charge on any atom is -0.435 e. The number of ether oxygens (including phenoxy) is 1. The fraction of sp³-hybridized carbons (Fsp3) is 0.167. The molecule has 0 saturated carbocycles. The van der Waals surface area contributed by atoms with E-state index in [0.29, 0.717) is 6.73 Å². The standard InChI is InChI=1S/C30H28NO/c1-22-18-24-20-31(28-17-11-10-12-23(28)2)21-32-29(24)27(19-22)30(3,25-13-6-4-7-14-25)26-15-8-5-9-16-26/h4-20H,21H2,1-3H3/q+1. The molecule has 0 unspecified atom stereocenters. The molecule has 0 atom stereocenters. The van der Waals surface area contributed by atoms with Gasteiger partial charge in [-0.2, -0.15) is 4.58 Å². The van der Waals surface area contributed by atoms with Crippen LogP contribution in [0.1, 0.15) is 40.3 Å². The van der Waals surface area contributed by atoms with E-state index in [-0.39, 0.29) is 5.41 Å². The third-order valence-electron chi connectivity index (χ3n) is 6.57. The minimum atomic E-state index is -0.336. The molecular formula is C30H28NO+. The predicted octanol–water partition coefficient (Wildman–Crippen LogP) is 6.77. The summed E-state index contributed by atoms with van der Waals surface area (Å²) in [5, 5.41) is 0. The van der Waals surface area contributed by atoms with Crippen LogP contribution in [-0.2, 0) is 5.41 Å². The maximum Gasteiger partial charge on any atom is 0.292 e. The van der Waals surface area contributed by atoms with E-state index in [1.165, 1.54) is 33.5 Å². The first-order valence-corrected chi connectivity index (χ1v) is 11.1. The Hall–Kier alpha value is -3.65. The molecule has 0 radical (unpaired) electrons. The molecule has 0 fully saturated rings. The second-order valence-electron chi connectivity index (χ2n) is 8.75. The van der Waals surface area contributed by atoms with Gasteiger partial charge in [0, 0.05) is 22.6 Å². The van der Waals surface area contributed by atoms with Gasteiger partial charge in [-0.15, -0.1) is 0 Å². The average molecular weight is 419 g/mol. The van der Waals surface area contributed by atoms with Gasteiger partial charge in [0.2, 0.25) is 5.69 Å².